The van der Waals surface area contributed by atoms with E-state index < -0.39 is 71.2 Å². The maximum atomic E-state index is 13.7. The van der Waals surface area contributed by atoms with Gasteiger partial charge in [0, 0.05) is 0 Å². The Labute approximate surface area is 265 Å². The highest BCUT2D eigenvalue weighted by Gasteiger charge is 2.55. The van der Waals surface area contributed by atoms with Gasteiger partial charge in [0.2, 0.25) is 11.8 Å². The molecule has 254 valence electrons. The van der Waals surface area contributed by atoms with Gasteiger partial charge in [-0.2, -0.15) is 0 Å². The van der Waals surface area contributed by atoms with Gasteiger partial charge in [-0.05, 0) is 44.4 Å². The standard InChI is InChI=1S/C32H53N5O8/c1-10-17-33-26(42)36(29(45)37(28(33)44)31(9,13-4)14-5)21-23(39)20-35-25(41)32(15-6,16-7)24(40)34(27(35)43)19-22(38)18-30(8,11-2)12-3/h10,22-23,38-39H,1,11-21H2,2-9H3. The minimum Gasteiger partial charge on any atom is -0.391 e. The number of nitrogens with zero attached hydrogens (tertiary/aromatic N) is 5. The Morgan fingerprint density at radius 2 is 1.18 bits per heavy atom. The van der Waals surface area contributed by atoms with Gasteiger partial charge in [0.15, 0.2) is 0 Å². The lowest BCUT2D eigenvalue weighted by molar-refractivity contribution is -0.161. The fraction of sp³-hybridized carbons (Fsp3) is 0.750. The largest absolute Gasteiger partial charge is 0.391 e. The summed E-state index contributed by atoms with van der Waals surface area (Å²) < 4.78 is 2.58. The zero-order chi connectivity index (χ0) is 34.5. The first kappa shape index (κ1) is 37.9. The number of carbonyl (C=O) groups excluding carboxylic acids is 3. The summed E-state index contributed by atoms with van der Waals surface area (Å²) in [4.78, 5) is 82.9. The summed E-state index contributed by atoms with van der Waals surface area (Å²) in [5, 5.41) is 22.1. The van der Waals surface area contributed by atoms with Crippen LogP contribution in [0.4, 0.5) is 4.79 Å². The lowest BCUT2D eigenvalue weighted by Gasteiger charge is -2.44. The van der Waals surface area contributed by atoms with E-state index in [1.54, 1.807) is 20.8 Å². The van der Waals surface area contributed by atoms with Crippen molar-refractivity contribution in [3.8, 4) is 0 Å². The van der Waals surface area contributed by atoms with E-state index in [1.807, 2.05) is 34.6 Å². The molecule has 1 aromatic heterocycles. The molecule has 0 bridgehead atoms. The van der Waals surface area contributed by atoms with Gasteiger partial charge < -0.3 is 10.2 Å². The van der Waals surface area contributed by atoms with Crippen molar-refractivity contribution in [3.63, 3.8) is 0 Å². The molecule has 13 nitrogen and oxygen atoms in total. The van der Waals surface area contributed by atoms with Crippen LogP contribution in [0.3, 0.4) is 0 Å². The van der Waals surface area contributed by atoms with Gasteiger partial charge in [-0.15, -0.1) is 6.58 Å². The molecule has 2 rings (SSSR count). The summed E-state index contributed by atoms with van der Waals surface area (Å²) in [6.07, 6.45) is 1.59. The van der Waals surface area contributed by atoms with E-state index in [4.69, 9.17) is 0 Å². The number of hydrogen-bond donors (Lipinski definition) is 2. The van der Waals surface area contributed by atoms with Gasteiger partial charge in [0.25, 0.3) is 0 Å². The second-order valence-electron chi connectivity index (χ2n) is 12.8. The van der Waals surface area contributed by atoms with Gasteiger partial charge in [0.05, 0.1) is 43.9 Å². The molecule has 2 unspecified atom stereocenters. The predicted octanol–water partition coefficient (Wildman–Crippen LogP) is 2.43. The van der Waals surface area contributed by atoms with Crippen LogP contribution >= 0.6 is 0 Å². The second-order valence-corrected chi connectivity index (χ2v) is 12.8. The number of rotatable bonds is 17. The zero-order valence-electron chi connectivity index (χ0n) is 28.3. The molecule has 1 aliphatic heterocycles. The summed E-state index contributed by atoms with van der Waals surface area (Å²) in [5.74, 6) is -1.49. The zero-order valence-corrected chi connectivity index (χ0v) is 28.3. The van der Waals surface area contributed by atoms with E-state index in [-0.39, 0.29) is 31.3 Å². The Bertz CT molecular complexity index is 1430. The van der Waals surface area contributed by atoms with Crippen molar-refractivity contribution in [2.75, 3.05) is 13.1 Å². The third-order valence-electron chi connectivity index (χ3n) is 10.3. The van der Waals surface area contributed by atoms with E-state index in [0.29, 0.717) is 19.3 Å². The van der Waals surface area contributed by atoms with Crippen LogP contribution in [0.2, 0.25) is 0 Å². The number of urea groups is 1. The minimum absolute atomic E-state index is 0.0819. The summed E-state index contributed by atoms with van der Waals surface area (Å²) in [6, 6.07) is -0.985. The van der Waals surface area contributed by atoms with Gasteiger partial charge in [-0.1, -0.05) is 67.4 Å². The molecule has 2 N–H and O–H groups in total. The number of aromatic nitrogens is 3. The van der Waals surface area contributed by atoms with Crippen LogP contribution in [0.15, 0.2) is 27.0 Å². The smallest absolute Gasteiger partial charge is 0.337 e. The van der Waals surface area contributed by atoms with Crippen LogP contribution in [0.5, 0.6) is 0 Å². The highest BCUT2D eigenvalue weighted by molar-refractivity contribution is 6.19. The van der Waals surface area contributed by atoms with Crippen LogP contribution in [-0.4, -0.2) is 76.9 Å². The van der Waals surface area contributed by atoms with Crippen molar-refractivity contribution in [3.05, 3.63) is 44.1 Å². The fourth-order valence-electron chi connectivity index (χ4n) is 6.07. The second kappa shape index (κ2) is 14.8. The van der Waals surface area contributed by atoms with Crippen LogP contribution < -0.4 is 17.1 Å². The molecule has 0 spiro atoms. The third kappa shape index (κ3) is 7.09. The summed E-state index contributed by atoms with van der Waals surface area (Å²) in [7, 11) is 0. The maximum absolute atomic E-state index is 13.7. The van der Waals surface area contributed by atoms with Crippen molar-refractivity contribution >= 4 is 17.8 Å². The average Bonchev–Trinajstić information content (AvgIpc) is 3.02. The van der Waals surface area contributed by atoms with Crippen molar-refractivity contribution in [2.45, 2.75) is 131 Å². The number of imide groups is 2. The molecule has 0 saturated carbocycles. The summed E-state index contributed by atoms with van der Waals surface area (Å²) in [5.41, 5.74) is -5.40. The topological polar surface area (TPSA) is 164 Å². The predicted molar refractivity (Wildman–Crippen MR) is 171 cm³/mol. The first-order valence-corrected chi connectivity index (χ1v) is 16.1. The van der Waals surface area contributed by atoms with Crippen molar-refractivity contribution in [2.24, 2.45) is 10.8 Å². The van der Waals surface area contributed by atoms with Crippen molar-refractivity contribution in [1.82, 2.24) is 23.5 Å². The van der Waals surface area contributed by atoms with E-state index in [0.717, 1.165) is 36.3 Å². The van der Waals surface area contributed by atoms with E-state index >= 15 is 0 Å². The van der Waals surface area contributed by atoms with Gasteiger partial charge in [0.1, 0.15) is 5.41 Å². The Morgan fingerprint density at radius 3 is 1.60 bits per heavy atom. The molecule has 1 aliphatic rings. The molecular weight excluding hydrogens is 582 g/mol. The van der Waals surface area contributed by atoms with Gasteiger partial charge in [-0.25, -0.2) is 32.9 Å². The molecule has 1 aromatic rings. The van der Waals surface area contributed by atoms with E-state index in [9.17, 15) is 39.0 Å². The number of carbonyl (C=O) groups is 3. The van der Waals surface area contributed by atoms with Crippen molar-refractivity contribution in [1.29, 1.82) is 0 Å². The molecule has 13 heteroatoms. The quantitative estimate of drug-likeness (QED) is 0.195. The highest BCUT2D eigenvalue weighted by atomic mass is 16.3. The number of β-amino-alcohol motifs (C(OH)–C–C–N with tert-alkyl or cyclic N) is 2. The molecule has 2 heterocycles. The molecule has 0 aliphatic carbocycles. The number of aliphatic hydroxyl groups excluding tert-OH is 2. The lowest BCUT2D eigenvalue weighted by Crippen LogP contribution is -2.67. The molecule has 0 radical (unpaired) electrons. The number of barbiturate groups is 1. The minimum atomic E-state index is -1.60. The number of aliphatic hydroxyl groups is 2. The van der Waals surface area contributed by atoms with Gasteiger partial charge >= 0.3 is 23.1 Å². The third-order valence-corrected chi connectivity index (χ3v) is 10.3. The summed E-state index contributed by atoms with van der Waals surface area (Å²) >= 11 is 0. The molecule has 1 saturated heterocycles. The average molecular weight is 636 g/mol. The van der Waals surface area contributed by atoms with Crippen LogP contribution in [0.1, 0.15) is 100 Å². The molecule has 4 amide bonds. The number of hydrogen-bond acceptors (Lipinski definition) is 8. The number of amides is 4. The Hall–Kier alpha value is -3.32. The first-order valence-electron chi connectivity index (χ1n) is 16.1. The Balaban J connectivity index is 2.56. The van der Waals surface area contributed by atoms with Crippen LogP contribution in [-0.2, 0) is 28.2 Å². The first-order chi connectivity index (χ1) is 21.0. The maximum Gasteiger partial charge on any atom is 0.337 e. The molecular formula is C32H53N5O8. The summed E-state index contributed by atoms with van der Waals surface area (Å²) in [6.45, 7) is 16.5. The molecule has 2 atom stereocenters. The molecule has 45 heavy (non-hydrogen) atoms. The van der Waals surface area contributed by atoms with E-state index in [2.05, 4.69) is 6.58 Å². The molecule has 0 aromatic carbocycles. The highest BCUT2D eigenvalue weighted by Crippen LogP contribution is 2.37. The van der Waals surface area contributed by atoms with Crippen LogP contribution in [0, 0.1) is 10.8 Å². The van der Waals surface area contributed by atoms with E-state index in [1.165, 1.54) is 6.08 Å². The Morgan fingerprint density at radius 1 is 0.711 bits per heavy atom. The van der Waals surface area contributed by atoms with Gasteiger partial charge in [-0.3, -0.25) is 19.4 Å². The van der Waals surface area contributed by atoms with Crippen LogP contribution in [0.25, 0.3) is 0 Å². The fourth-order valence-corrected chi connectivity index (χ4v) is 6.07. The van der Waals surface area contributed by atoms with Crippen molar-refractivity contribution < 1.29 is 24.6 Å². The Kier molecular flexibility index (Phi) is 12.5. The molecule has 1 fully saturated rings. The SMILES string of the molecule is C=CCn1c(=O)n(CC(O)CN2C(=O)N(CC(O)CC(C)(CC)CC)C(=O)C(CC)(CC)C2=O)c(=O)n(C(C)(CC)CC)c1=O. The monoisotopic (exact) mass is 635 g/mol. The number of allylic oxidation sites excluding steroid dienone is 1. The normalized spacial score (nSPS) is 17.2. The lowest BCUT2D eigenvalue weighted by atomic mass is 9.77.